The second-order valence-electron chi connectivity index (χ2n) is 3.71. The summed E-state index contributed by atoms with van der Waals surface area (Å²) in [6.45, 7) is 2.26. The molecule has 0 radical (unpaired) electrons. The Labute approximate surface area is 116 Å². The quantitative estimate of drug-likeness (QED) is 0.864. The molecule has 0 spiro atoms. The van der Waals surface area contributed by atoms with Crippen LogP contribution in [0.4, 0.5) is 5.69 Å². The molecule has 0 bridgehead atoms. The zero-order valence-corrected chi connectivity index (χ0v) is 12.7. The number of benzene rings is 1. The van der Waals surface area contributed by atoms with Crippen LogP contribution in [0.2, 0.25) is 5.02 Å². The zero-order valence-electron chi connectivity index (χ0n) is 9.54. The number of sulfone groups is 1. The second-order valence-corrected chi connectivity index (χ2v) is 7.27. The molecular formula is C11H15BrClNO2S. The molecule has 0 aliphatic carbocycles. The van der Waals surface area contributed by atoms with Crippen molar-refractivity contribution >= 4 is 43.1 Å². The van der Waals surface area contributed by atoms with Gasteiger partial charge in [-0.2, -0.15) is 0 Å². The summed E-state index contributed by atoms with van der Waals surface area (Å²) in [6, 6.07) is 5.44. The second kappa shape index (κ2) is 6.61. The number of rotatable bonds is 6. The van der Waals surface area contributed by atoms with Gasteiger partial charge in [-0.3, -0.25) is 0 Å². The maximum atomic E-state index is 11.5. The van der Waals surface area contributed by atoms with Crippen molar-refractivity contribution in [2.75, 3.05) is 23.4 Å². The Morgan fingerprint density at radius 3 is 2.65 bits per heavy atom. The summed E-state index contributed by atoms with van der Waals surface area (Å²) in [5, 5.41) is 3.65. The average Bonchev–Trinajstić information content (AvgIpc) is 2.23. The van der Waals surface area contributed by atoms with E-state index in [4.69, 9.17) is 11.6 Å². The molecule has 1 aromatic rings. The van der Waals surface area contributed by atoms with Crippen molar-refractivity contribution in [2.24, 2.45) is 0 Å². The highest BCUT2D eigenvalue weighted by molar-refractivity contribution is 9.10. The van der Waals surface area contributed by atoms with Crippen LogP contribution in [-0.4, -0.2) is 26.5 Å². The smallest absolute Gasteiger partial charge is 0.152 e. The van der Waals surface area contributed by atoms with E-state index in [2.05, 4.69) is 21.2 Å². The maximum Gasteiger partial charge on any atom is 0.152 e. The number of nitrogens with one attached hydrogen (secondary N) is 1. The van der Waals surface area contributed by atoms with E-state index in [0.717, 1.165) is 10.2 Å². The fourth-order valence-electron chi connectivity index (χ4n) is 1.37. The van der Waals surface area contributed by atoms with Gasteiger partial charge < -0.3 is 5.32 Å². The molecule has 1 N–H and O–H groups in total. The first-order valence-electron chi connectivity index (χ1n) is 5.34. The Kier molecular flexibility index (Phi) is 5.76. The van der Waals surface area contributed by atoms with E-state index in [0.29, 0.717) is 18.0 Å². The summed E-state index contributed by atoms with van der Waals surface area (Å²) in [5.74, 6) is 0.393. The largest absolute Gasteiger partial charge is 0.384 e. The lowest BCUT2D eigenvalue weighted by molar-refractivity contribution is 0.595. The zero-order chi connectivity index (χ0) is 12.9. The molecule has 0 unspecified atom stereocenters. The molecule has 96 valence electrons. The van der Waals surface area contributed by atoms with Crippen LogP contribution in [0.25, 0.3) is 0 Å². The lowest BCUT2D eigenvalue weighted by Gasteiger charge is -2.07. The third-order valence-electron chi connectivity index (χ3n) is 2.18. The van der Waals surface area contributed by atoms with Gasteiger partial charge in [-0.1, -0.05) is 18.5 Å². The summed E-state index contributed by atoms with van der Waals surface area (Å²) in [4.78, 5) is 0. The van der Waals surface area contributed by atoms with Crippen molar-refractivity contribution in [2.45, 2.75) is 13.3 Å². The topological polar surface area (TPSA) is 46.2 Å². The van der Waals surface area contributed by atoms with Crippen LogP contribution in [-0.2, 0) is 9.84 Å². The highest BCUT2D eigenvalue weighted by Gasteiger charge is 2.08. The summed E-state index contributed by atoms with van der Waals surface area (Å²) in [5.41, 5.74) is 0.824. The van der Waals surface area contributed by atoms with Gasteiger partial charge in [0.05, 0.1) is 10.8 Å². The number of hydrogen-bond donors (Lipinski definition) is 1. The van der Waals surface area contributed by atoms with E-state index in [-0.39, 0.29) is 11.5 Å². The molecule has 0 amide bonds. The Morgan fingerprint density at radius 2 is 2.06 bits per heavy atom. The first kappa shape index (κ1) is 14.8. The van der Waals surface area contributed by atoms with Crippen LogP contribution in [0.5, 0.6) is 0 Å². The third kappa shape index (κ3) is 5.27. The first-order valence-corrected chi connectivity index (χ1v) is 8.33. The number of hydrogen-bond acceptors (Lipinski definition) is 3. The van der Waals surface area contributed by atoms with Crippen LogP contribution < -0.4 is 5.32 Å². The van der Waals surface area contributed by atoms with Crippen molar-refractivity contribution in [3.8, 4) is 0 Å². The van der Waals surface area contributed by atoms with Crippen molar-refractivity contribution in [3.05, 3.63) is 27.7 Å². The SMILES string of the molecule is CCCS(=O)(=O)CCNc1ccc(Br)c(Cl)c1. The van der Waals surface area contributed by atoms with Gasteiger partial charge in [0.25, 0.3) is 0 Å². The van der Waals surface area contributed by atoms with Crippen molar-refractivity contribution < 1.29 is 8.42 Å². The van der Waals surface area contributed by atoms with Crippen molar-refractivity contribution in [1.29, 1.82) is 0 Å². The monoisotopic (exact) mass is 339 g/mol. The lowest BCUT2D eigenvalue weighted by Crippen LogP contribution is -2.18. The molecule has 0 fully saturated rings. The highest BCUT2D eigenvalue weighted by Crippen LogP contribution is 2.25. The Balaban J connectivity index is 2.49. The Bertz CT molecular complexity index is 476. The first-order chi connectivity index (χ1) is 7.94. The van der Waals surface area contributed by atoms with Gasteiger partial charge in [0, 0.05) is 22.5 Å². The van der Waals surface area contributed by atoms with E-state index in [9.17, 15) is 8.42 Å². The van der Waals surface area contributed by atoms with Gasteiger partial charge in [0.2, 0.25) is 0 Å². The molecule has 0 saturated carbocycles. The van der Waals surface area contributed by atoms with E-state index in [1.807, 2.05) is 19.1 Å². The molecular weight excluding hydrogens is 326 g/mol. The van der Waals surface area contributed by atoms with Gasteiger partial charge in [0.15, 0.2) is 9.84 Å². The minimum Gasteiger partial charge on any atom is -0.384 e. The van der Waals surface area contributed by atoms with Crippen molar-refractivity contribution in [3.63, 3.8) is 0 Å². The Hall–Kier alpha value is -0.260. The van der Waals surface area contributed by atoms with E-state index < -0.39 is 9.84 Å². The van der Waals surface area contributed by atoms with Crippen LogP contribution in [0.1, 0.15) is 13.3 Å². The molecule has 3 nitrogen and oxygen atoms in total. The van der Waals surface area contributed by atoms with E-state index in [1.54, 1.807) is 6.07 Å². The average molecular weight is 341 g/mol. The number of anilines is 1. The van der Waals surface area contributed by atoms with Gasteiger partial charge >= 0.3 is 0 Å². The van der Waals surface area contributed by atoms with Crippen LogP contribution >= 0.6 is 27.5 Å². The predicted molar refractivity (Wildman–Crippen MR) is 76.6 cm³/mol. The maximum absolute atomic E-state index is 11.5. The fraction of sp³-hybridized carbons (Fsp3) is 0.455. The van der Waals surface area contributed by atoms with Gasteiger partial charge in [0.1, 0.15) is 0 Å². The van der Waals surface area contributed by atoms with Crippen molar-refractivity contribution in [1.82, 2.24) is 0 Å². The van der Waals surface area contributed by atoms with Crippen LogP contribution in [0, 0.1) is 0 Å². The van der Waals surface area contributed by atoms with Crippen LogP contribution in [0.15, 0.2) is 22.7 Å². The Morgan fingerprint density at radius 1 is 1.35 bits per heavy atom. The third-order valence-corrected chi connectivity index (χ3v) is 5.27. The molecule has 1 rings (SSSR count). The van der Waals surface area contributed by atoms with Crippen LogP contribution in [0.3, 0.4) is 0 Å². The molecule has 0 aliphatic heterocycles. The number of halogens is 2. The summed E-state index contributed by atoms with van der Waals surface area (Å²) < 4.78 is 23.8. The molecule has 17 heavy (non-hydrogen) atoms. The molecule has 0 aliphatic rings. The van der Waals surface area contributed by atoms with E-state index in [1.165, 1.54) is 0 Å². The molecule has 6 heteroatoms. The van der Waals surface area contributed by atoms with Gasteiger partial charge in [-0.25, -0.2) is 8.42 Å². The van der Waals surface area contributed by atoms with Gasteiger partial charge in [-0.15, -0.1) is 0 Å². The summed E-state index contributed by atoms with van der Waals surface area (Å²) >= 11 is 9.22. The molecule has 0 saturated heterocycles. The van der Waals surface area contributed by atoms with Gasteiger partial charge in [-0.05, 0) is 40.5 Å². The van der Waals surface area contributed by atoms with E-state index >= 15 is 0 Å². The molecule has 0 heterocycles. The normalized spacial score (nSPS) is 11.5. The highest BCUT2D eigenvalue weighted by atomic mass is 79.9. The molecule has 0 aromatic heterocycles. The summed E-state index contributed by atoms with van der Waals surface area (Å²) in [7, 11) is -2.92. The lowest BCUT2D eigenvalue weighted by atomic mass is 10.3. The molecule has 1 aromatic carbocycles. The minimum atomic E-state index is -2.92. The minimum absolute atomic E-state index is 0.147. The predicted octanol–water partition coefficient (Wildman–Crippen LogP) is 3.34. The molecule has 0 atom stereocenters. The fourth-order valence-corrected chi connectivity index (χ4v) is 3.04. The standard InChI is InChI=1S/C11H15BrClNO2S/c1-2-6-17(15,16)7-5-14-9-3-4-10(12)11(13)8-9/h3-4,8,14H,2,5-7H2,1H3. The summed E-state index contributed by atoms with van der Waals surface area (Å²) in [6.07, 6.45) is 0.659.